The van der Waals surface area contributed by atoms with E-state index in [1.165, 1.54) is 7.11 Å². The van der Waals surface area contributed by atoms with Gasteiger partial charge < -0.3 is 4.74 Å². The van der Waals surface area contributed by atoms with Gasteiger partial charge in [-0.2, -0.15) is 0 Å². The Morgan fingerprint density at radius 3 is 2.35 bits per heavy atom. The Kier molecular flexibility index (Phi) is 4.66. The summed E-state index contributed by atoms with van der Waals surface area (Å²) in [5.41, 5.74) is 1.39. The van der Waals surface area contributed by atoms with Gasteiger partial charge in [-0.3, -0.25) is 0 Å². The normalized spacial score (nSPS) is 12.3. The number of aryl methyl sites for hydroxylation is 1. The molecule has 0 aliphatic carbocycles. The zero-order chi connectivity index (χ0) is 14.9. The lowest BCUT2D eigenvalue weighted by Crippen LogP contribution is -2.03. The third kappa shape index (κ3) is 2.81. The summed E-state index contributed by atoms with van der Waals surface area (Å²) in [6.07, 6.45) is 0. The maximum Gasteiger partial charge on any atom is 0.134 e. The van der Waals surface area contributed by atoms with Gasteiger partial charge in [-0.05, 0) is 18.1 Å². The van der Waals surface area contributed by atoms with Gasteiger partial charge in [0.05, 0.1) is 11.9 Å². The molecule has 2 aromatic carbocycles. The SMILES string of the molecule is COc1cc(F)c(C(Br)c2cccc(C)c2Cl)c(F)c1. The molecule has 0 heterocycles. The van der Waals surface area contributed by atoms with E-state index in [0.717, 1.165) is 17.7 Å². The van der Waals surface area contributed by atoms with Crippen LogP contribution in [0.25, 0.3) is 0 Å². The topological polar surface area (TPSA) is 9.23 Å². The molecule has 0 spiro atoms. The molecule has 20 heavy (non-hydrogen) atoms. The molecule has 106 valence electrons. The Bertz CT molecular complexity index is 623. The largest absolute Gasteiger partial charge is 0.497 e. The van der Waals surface area contributed by atoms with Crippen molar-refractivity contribution in [3.05, 3.63) is 63.7 Å². The molecule has 0 aliphatic heterocycles. The number of ether oxygens (including phenoxy) is 1. The van der Waals surface area contributed by atoms with E-state index in [0.29, 0.717) is 10.6 Å². The van der Waals surface area contributed by atoms with Crippen LogP contribution in [0.1, 0.15) is 21.5 Å². The number of methoxy groups -OCH3 is 1. The fourth-order valence-electron chi connectivity index (χ4n) is 1.94. The lowest BCUT2D eigenvalue weighted by atomic mass is 10.0. The Morgan fingerprint density at radius 1 is 1.20 bits per heavy atom. The molecular formula is C15H12BrClF2O. The highest BCUT2D eigenvalue weighted by molar-refractivity contribution is 9.09. The monoisotopic (exact) mass is 360 g/mol. The summed E-state index contributed by atoms with van der Waals surface area (Å²) >= 11 is 9.52. The standard InChI is InChI=1S/C15H12BrClF2O/c1-8-4-3-5-10(15(8)17)14(16)13-11(18)6-9(20-2)7-12(13)19/h3-7,14H,1-2H3. The van der Waals surface area contributed by atoms with Crippen LogP contribution < -0.4 is 4.74 Å². The Labute approximate surface area is 129 Å². The molecule has 0 N–H and O–H groups in total. The van der Waals surface area contributed by atoms with Gasteiger partial charge in [-0.1, -0.05) is 45.7 Å². The fourth-order valence-corrected chi connectivity index (χ4v) is 3.13. The minimum atomic E-state index is -0.679. The van der Waals surface area contributed by atoms with E-state index < -0.39 is 16.5 Å². The maximum atomic E-state index is 14.1. The molecule has 1 atom stereocenters. The predicted molar refractivity (Wildman–Crippen MR) is 79.9 cm³/mol. The van der Waals surface area contributed by atoms with Crippen molar-refractivity contribution in [3.63, 3.8) is 0 Å². The van der Waals surface area contributed by atoms with Crippen LogP contribution in [0.15, 0.2) is 30.3 Å². The number of halogens is 4. The van der Waals surface area contributed by atoms with Crippen LogP contribution in [0.3, 0.4) is 0 Å². The second-order valence-corrected chi connectivity index (χ2v) is 5.64. The molecule has 0 aromatic heterocycles. The maximum absolute atomic E-state index is 14.1. The summed E-state index contributed by atoms with van der Waals surface area (Å²) in [6, 6.07) is 7.67. The van der Waals surface area contributed by atoms with Gasteiger partial charge in [0.1, 0.15) is 17.4 Å². The van der Waals surface area contributed by atoms with Gasteiger partial charge in [-0.15, -0.1) is 0 Å². The van der Waals surface area contributed by atoms with E-state index in [4.69, 9.17) is 16.3 Å². The van der Waals surface area contributed by atoms with Crippen molar-refractivity contribution in [1.82, 2.24) is 0 Å². The summed E-state index contributed by atoms with van der Waals surface area (Å²) in [7, 11) is 1.36. The quantitative estimate of drug-likeness (QED) is 0.663. The molecule has 0 saturated heterocycles. The van der Waals surface area contributed by atoms with Crippen LogP contribution in [-0.4, -0.2) is 7.11 Å². The highest BCUT2D eigenvalue weighted by atomic mass is 79.9. The minimum absolute atomic E-state index is 0.0849. The third-order valence-electron chi connectivity index (χ3n) is 3.04. The molecule has 2 rings (SSSR count). The van der Waals surface area contributed by atoms with Crippen LogP contribution in [0, 0.1) is 18.6 Å². The third-order valence-corrected chi connectivity index (χ3v) is 4.50. The van der Waals surface area contributed by atoms with Gasteiger partial charge in [0.25, 0.3) is 0 Å². The first-order valence-electron chi connectivity index (χ1n) is 5.87. The molecule has 0 amide bonds. The van der Waals surface area contributed by atoms with E-state index in [2.05, 4.69) is 15.9 Å². The molecule has 0 aliphatic rings. The Hall–Kier alpha value is -1.13. The molecule has 1 unspecified atom stereocenters. The van der Waals surface area contributed by atoms with E-state index in [1.54, 1.807) is 12.1 Å². The lowest BCUT2D eigenvalue weighted by molar-refractivity contribution is 0.405. The zero-order valence-corrected chi connectivity index (χ0v) is 13.2. The molecular weight excluding hydrogens is 350 g/mol. The average Bonchev–Trinajstić information content (AvgIpc) is 2.40. The molecule has 0 saturated carbocycles. The number of benzene rings is 2. The van der Waals surface area contributed by atoms with E-state index in [1.807, 2.05) is 13.0 Å². The van der Waals surface area contributed by atoms with Crippen LogP contribution in [0.4, 0.5) is 8.78 Å². The smallest absolute Gasteiger partial charge is 0.134 e. The average molecular weight is 362 g/mol. The molecule has 0 radical (unpaired) electrons. The van der Waals surface area contributed by atoms with E-state index in [-0.39, 0.29) is 11.3 Å². The van der Waals surface area contributed by atoms with Crippen molar-refractivity contribution in [2.24, 2.45) is 0 Å². The molecule has 0 fully saturated rings. The summed E-state index contributed by atoms with van der Waals surface area (Å²) < 4.78 is 33.0. The van der Waals surface area contributed by atoms with Crippen LogP contribution >= 0.6 is 27.5 Å². The molecule has 5 heteroatoms. The second-order valence-electron chi connectivity index (χ2n) is 4.35. The Balaban J connectivity index is 2.54. The Morgan fingerprint density at radius 2 is 1.80 bits per heavy atom. The number of rotatable bonds is 3. The van der Waals surface area contributed by atoms with Crippen LogP contribution in [0.5, 0.6) is 5.75 Å². The molecule has 0 bridgehead atoms. The van der Waals surface area contributed by atoms with Gasteiger partial charge >= 0.3 is 0 Å². The van der Waals surface area contributed by atoms with Crippen molar-refractivity contribution in [2.45, 2.75) is 11.8 Å². The van der Waals surface area contributed by atoms with E-state index in [9.17, 15) is 8.78 Å². The summed E-state index contributed by atoms with van der Waals surface area (Å²) in [5.74, 6) is -1.22. The number of hydrogen-bond acceptors (Lipinski definition) is 1. The fraction of sp³-hybridized carbons (Fsp3) is 0.200. The van der Waals surface area contributed by atoms with Crippen LogP contribution in [-0.2, 0) is 0 Å². The first kappa shape index (κ1) is 15.3. The minimum Gasteiger partial charge on any atom is -0.497 e. The van der Waals surface area contributed by atoms with Gasteiger partial charge in [-0.25, -0.2) is 8.78 Å². The van der Waals surface area contributed by atoms with Crippen molar-refractivity contribution in [1.29, 1.82) is 0 Å². The number of hydrogen-bond donors (Lipinski definition) is 0. The van der Waals surface area contributed by atoms with Crippen molar-refractivity contribution < 1.29 is 13.5 Å². The van der Waals surface area contributed by atoms with Gasteiger partial charge in [0.15, 0.2) is 0 Å². The van der Waals surface area contributed by atoms with Crippen molar-refractivity contribution in [3.8, 4) is 5.75 Å². The summed E-state index contributed by atoms with van der Waals surface area (Å²) in [5, 5.41) is 0.490. The summed E-state index contributed by atoms with van der Waals surface area (Å²) in [6.45, 7) is 1.84. The highest BCUT2D eigenvalue weighted by Crippen LogP contribution is 2.39. The second kappa shape index (κ2) is 6.10. The van der Waals surface area contributed by atoms with Gasteiger partial charge in [0.2, 0.25) is 0 Å². The van der Waals surface area contributed by atoms with Crippen molar-refractivity contribution in [2.75, 3.05) is 7.11 Å². The van der Waals surface area contributed by atoms with Gasteiger partial charge in [0, 0.05) is 22.7 Å². The van der Waals surface area contributed by atoms with Crippen molar-refractivity contribution >= 4 is 27.5 Å². The molecule has 1 nitrogen and oxygen atoms in total. The van der Waals surface area contributed by atoms with Crippen LogP contribution in [0.2, 0.25) is 5.02 Å². The summed E-state index contributed by atoms with van der Waals surface area (Å²) in [4.78, 5) is -0.666. The van der Waals surface area contributed by atoms with E-state index >= 15 is 0 Å². The first-order chi connectivity index (χ1) is 9.45. The first-order valence-corrected chi connectivity index (χ1v) is 7.17. The molecule has 2 aromatic rings. The lowest BCUT2D eigenvalue weighted by Gasteiger charge is -2.16. The highest BCUT2D eigenvalue weighted by Gasteiger charge is 2.23. The zero-order valence-electron chi connectivity index (χ0n) is 10.9. The predicted octanol–water partition coefficient (Wildman–Crippen LogP) is 5.42. The number of alkyl halides is 1.